The molecule has 0 atom stereocenters. The Bertz CT molecular complexity index is 365. The number of para-hydroxylation sites is 1. The van der Waals surface area contributed by atoms with E-state index in [2.05, 4.69) is 56.9 Å². The molecule has 1 aromatic rings. The highest BCUT2D eigenvalue weighted by atomic mass is 15.2. The first kappa shape index (κ1) is 11.5. The topological polar surface area (TPSA) is 3.24 Å². The molecule has 0 saturated carbocycles. The number of hydrogen-bond donors (Lipinski definition) is 0. The van der Waals surface area contributed by atoms with Crippen molar-refractivity contribution in [3.63, 3.8) is 0 Å². The highest BCUT2D eigenvalue weighted by molar-refractivity contribution is 5.57. The summed E-state index contributed by atoms with van der Waals surface area (Å²) >= 11 is 0. The molecule has 0 saturated heterocycles. The molecule has 1 heteroatoms. The summed E-state index contributed by atoms with van der Waals surface area (Å²) in [5, 5.41) is 0. The first-order valence-electron chi connectivity index (χ1n) is 6.39. The summed E-state index contributed by atoms with van der Waals surface area (Å²) < 4.78 is 0. The van der Waals surface area contributed by atoms with Crippen LogP contribution in [0.3, 0.4) is 0 Å². The van der Waals surface area contributed by atoms with Crippen molar-refractivity contribution in [3.05, 3.63) is 29.8 Å². The van der Waals surface area contributed by atoms with Crippen LogP contribution in [-0.2, 0) is 6.42 Å². The van der Waals surface area contributed by atoms with Crippen LogP contribution in [0.25, 0.3) is 0 Å². The Balaban J connectivity index is 2.50. The Kier molecular flexibility index (Phi) is 2.96. The van der Waals surface area contributed by atoms with E-state index in [0.717, 1.165) is 0 Å². The lowest BCUT2D eigenvalue weighted by Gasteiger charge is -2.43. The third kappa shape index (κ3) is 1.95. The molecule has 1 aliphatic rings. The number of hydrogen-bond acceptors (Lipinski definition) is 1. The molecule has 0 bridgehead atoms. The molecule has 1 aliphatic heterocycles. The Morgan fingerprint density at radius 1 is 1.19 bits per heavy atom. The summed E-state index contributed by atoms with van der Waals surface area (Å²) in [6, 6.07) is 9.45. The Morgan fingerprint density at radius 3 is 2.56 bits per heavy atom. The normalized spacial score (nSPS) is 19.4. The largest absolute Gasteiger partial charge is 0.364 e. The van der Waals surface area contributed by atoms with Crippen molar-refractivity contribution in [1.82, 2.24) is 0 Å². The van der Waals surface area contributed by atoms with Gasteiger partial charge in [0.05, 0.1) is 0 Å². The highest BCUT2D eigenvalue weighted by Crippen LogP contribution is 2.36. The summed E-state index contributed by atoms with van der Waals surface area (Å²) in [5.41, 5.74) is 3.24. The van der Waals surface area contributed by atoms with Gasteiger partial charge < -0.3 is 4.90 Å². The van der Waals surface area contributed by atoms with Gasteiger partial charge in [0.25, 0.3) is 0 Å². The van der Waals surface area contributed by atoms with Gasteiger partial charge in [0.15, 0.2) is 0 Å². The zero-order valence-corrected chi connectivity index (χ0v) is 11.0. The minimum absolute atomic E-state index is 0.279. The monoisotopic (exact) mass is 217 g/mol. The maximum atomic E-state index is 2.59. The second-order valence-electron chi connectivity index (χ2n) is 5.76. The SMILES string of the molecule is CC(C)N1c2ccccc2CCCC1(C)C. The van der Waals surface area contributed by atoms with Crippen LogP contribution >= 0.6 is 0 Å². The van der Waals surface area contributed by atoms with Gasteiger partial charge in [-0.05, 0) is 58.6 Å². The molecule has 0 aromatic heterocycles. The molecule has 1 nitrogen and oxygen atoms in total. The van der Waals surface area contributed by atoms with Gasteiger partial charge in [0.1, 0.15) is 0 Å². The van der Waals surface area contributed by atoms with Crippen molar-refractivity contribution in [3.8, 4) is 0 Å². The van der Waals surface area contributed by atoms with E-state index in [1.807, 2.05) is 0 Å². The molecular formula is C15H23N. The zero-order chi connectivity index (χ0) is 11.8. The van der Waals surface area contributed by atoms with Gasteiger partial charge in [-0.15, -0.1) is 0 Å². The van der Waals surface area contributed by atoms with Crippen molar-refractivity contribution < 1.29 is 0 Å². The van der Waals surface area contributed by atoms with Crippen LogP contribution in [0.5, 0.6) is 0 Å². The van der Waals surface area contributed by atoms with Crippen LogP contribution < -0.4 is 4.90 Å². The maximum Gasteiger partial charge on any atom is 0.0405 e. The average molecular weight is 217 g/mol. The molecule has 88 valence electrons. The highest BCUT2D eigenvalue weighted by Gasteiger charge is 2.32. The summed E-state index contributed by atoms with van der Waals surface area (Å²) in [7, 11) is 0. The number of benzene rings is 1. The fourth-order valence-electron chi connectivity index (χ4n) is 3.09. The number of aryl methyl sites for hydroxylation is 1. The fourth-order valence-corrected chi connectivity index (χ4v) is 3.09. The van der Waals surface area contributed by atoms with E-state index >= 15 is 0 Å². The predicted molar refractivity (Wildman–Crippen MR) is 71.1 cm³/mol. The predicted octanol–water partition coefficient (Wildman–Crippen LogP) is 4.02. The summed E-state index contributed by atoms with van der Waals surface area (Å²) in [6.07, 6.45) is 3.80. The molecule has 1 heterocycles. The van der Waals surface area contributed by atoms with Crippen LogP contribution in [0.1, 0.15) is 46.1 Å². The van der Waals surface area contributed by atoms with Crippen LogP contribution in [0.2, 0.25) is 0 Å². The van der Waals surface area contributed by atoms with E-state index in [9.17, 15) is 0 Å². The molecular weight excluding hydrogens is 194 g/mol. The van der Waals surface area contributed by atoms with Crippen LogP contribution in [0.15, 0.2) is 24.3 Å². The molecule has 0 aliphatic carbocycles. The fraction of sp³-hybridized carbons (Fsp3) is 0.600. The smallest absolute Gasteiger partial charge is 0.0405 e. The Morgan fingerprint density at radius 2 is 1.88 bits per heavy atom. The van der Waals surface area contributed by atoms with Crippen molar-refractivity contribution in [2.45, 2.75) is 58.5 Å². The lowest BCUT2D eigenvalue weighted by atomic mass is 9.95. The Hall–Kier alpha value is -0.980. The minimum Gasteiger partial charge on any atom is -0.364 e. The van der Waals surface area contributed by atoms with Gasteiger partial charge in [-0.25, -0.2) is 0 Å². The van der Waals surface area contributed by atoms with E-state index in [4.69, 9.17) is 0 Å². The quantitative estimate of drug-likeness (QED) is 0.687. The van der Waals surface area contributed by atoms with Crippen molar-refractivity contribution in [1.29, 1.82) is 0 Å². The summed E-state index contributed by atoms with van der Waals surface area (Å²) in [5.74, 6) is 0. The van der Waals surface area contributed by atoms with E-state index < -0.39 is 0 Å². The minimum atomic E-state index is 0.279. The molecule has 1 aromatic carbocycles. The zero-order valence-electron chi connectivity index (χ0n) is 11.0. The van der Waals surface area contributed by atoms with Gasteiger partial charge in [0, 0.05) is 17.3 Å². The third-order valence-corrected chi connectivity index (χ3v) is 3.65. The number of anilines is 1. The second-order valence-corrected chi connectivity index (χ2v) is 5.76. The number of rotatable bonds is 1. The molecule has 0 fully saturated rings. The molecule has 16 heavy (non-hydrogen) atoms. The van der Waals surface area contributed by atoms with E-state index in [-0.39, 0.29) is 5.54 Å². The second kappa shape index (κ2) is 4.12. The molecule has 0 unspecified atom stereocenters. The van der Waals surface area contributed by atoms with Crippen molar-refractivity contribution in [2.75, 3.05) is 4.90 Å². The Labute approximate surface area is 99.5 Å². The van der Waals surface area contributed by atoms with Crippen LogP contribution in [0, 0.1) is 0 Å². The molecule has 0 N–H and O–H groups in total. The van der Waals surface area contributed by atoms with Gasteiger partial charge in [-0.2, -0.15) is 0 Å². The molecule has 0 radical (unpaired) electrons. The van der Waals surface area contributed by atoms with E-state index in [1.165, 1.54) is 30.5 Å². The van der Waals surface area contributed by atoms with Gasteiger partial charge in [0.2, 0.25) is 0 Å². The van der Waals surface area contributed by atoms with Crippen LogP contribution in [-0.4, -0.2) is 11.6 Å². The van der Waals surface area contributed by atoms with Gasteiger partial charge in [-0.3, -0.25) is 0 Å². The summed E-state index contributed by atoms with van der Waals surface area (Å²) in [4.78, 5) is 2.59. The first-order chi connectivity index (χ1) is 7.52. The van der Waals surface area contributed by atoms with Gasteiger partial charge >= 0.3 is 0 Å². The maximum absolute atomic E-state index is 2.59. The first-order valence-corrected chi connectivity index (χ1v) is 6.39. The third-order valence-electron chi connectivity index (χ3n) is 3.65. The van der Waals surface area contributed by atoms with Crippen molar-refractivity contribution >= 4 is 5.69 Å². The lowest BCUT2D eigenvalue weighted by molar-refractivity contribution is 0.400. The standard InChI is InChI=1S/C15H23N/c1-12(2)16-14-10-6-5-8-13(14)9-7-11-15(16,3)4/h5-6,8,10,12H,7,9,11H2,1-4H3. The average Bonchev–Trinajstić information content (AvgIpc) is 2.31. The van der Waals surface area contributed by atoms with E-state index in [1.54, 1.807) is 0 Å². The molecule has 2 rings (SSSR count). The van der Waals surface area contributed by atoms with Crippen LogP contribution in [0.4, 0.5) is 5.69 Å². The molecule has 0 amide bonds. The lowest BCUT2D eigenvalue weighted by Crippen LogP contribution is -2.47. The van der Waals surface area contributed by atoms with Gasteiger partial charge in [-0.1, -0.05) is 18.2 Å². The summed E-state index contributed by atoms with van der Waals surface area (Å²) in [6.45, 7) is 9.33. The number of fused-ring (bicyclic) bond motifs is 1. The van der Waals surface area contributed by atoms with Crippen molar-refractivity contribution in [2.24, 2.45) is 0 Å². The van der Waals surface area contributed by atoms with E-state index in [0.29, 0.717) is 6.04 Å². The number of nitrogens with zero attached hydrogens (tertiary/aromatic N) is 1. The molecule has 0 spiro atoms.